The lowest BCUT2D eigenvalue weighted by Crippen LogP contribution is -2.38. The molecule has 0 saturated heterocycles. The van der Waals surface area contributed by atoms with E-state index in [-0.39, 0.29) is 11.5 Å². The Morgan fingerprint density at radius 2 is 1.71 bits per heavy atom. The molecule has 0 saturated carbocycles. The van der Waals surface area contributed by atoms with Gasteiger partial charge in [0, 0.05) is 4.88 Å². The van der Waals surface area contributed by atoms with Gasteiger partial charge in [-0.2, -0.15) is 0 Å². The van der Waals surface area contributed by atoms with Crippen LogP contribution in [0.1, 0.15) is 46.1 Å². The SMILES string of the molecule is CCOC(=O)c1c(NC(=O)CN(c2ccc(C)cc2)S(=O)(=O)c2ccccc2)sc2c1CCCC2. The van der Waals surface area contributed by atoms with E-state index in [1.54, 1.807) is 49.4 Å². The molecular formula is C26H28N2O5S2. The average Bonchev–Trinajstić information content (AvgIpc) is 3.21. The molecule has 1 heterocycles. The van der Waals surface area contributed by atoms with Gasteiger partial charge in [0.05, 0.1) is 22.8 Å². The summed E-state index contributed by atoms with van der Waals surface area (Å²) in [5.41, 5.74) is 2.68. The molecule has 0 atom stereocenters. The summed E-state index contributed by atoms with van der Waals surface area (Å²) in [6, 6.07) is 15.0. The van der Waals surface area contributed by atoms with E-state index in [4.69, 9.17) is 4.74 Å². The number of nitrogens with zero attached hydrogens (tertiary/aromatic N) is 1. The maximum Gasteiger partial charge on any atom is 0.341 e. The minimum absolute atomic E-state index is 0.0900. The van der Waals surface area contributed by atoms with Gasteiger partial charge in [0.2, 0.25) is 5.91 Å². The third-order valence-electron chi connectivity index (χ3n) is 5.84. The third-order valence-corrected chi connectivity index (χ3v) is 8.84. The molecule has 184 valence electrons. The van der Waals surface area contributed by atoms with Crippen LogP contribution in [-0.4, -0.2) is 33.4 Å². The van der Waals surface area contributed by atoms with Gasteiger partial charge in [0.1, 0.15) is 11.5 Å². The molecule has 9 heteroatoms. The van der Waals surface area contributed by atoms with Crippen LogP contribution in [0, 0.1) is 6.92 Å². The minimum Gasteiger partial charge on any atom is -0.462 e. The lowest BCUT2D eigenvalue weighted by molar-refractivity contribution is -0.114. The second-order valence-electron chi connectivity index (χ2n) is 8.34. The highest BCUT2D eigenvalue weighted by Gasteiger charge is 2.30. The predicted octanol–water partition coefficient (Wildman–Crippen LogP) is 4.95. The summed E-state index contributed by atoms with van der Waals surface area (Å²) in [4.78, 5) is 27.1. The van der Waals surface area contributed by atoms with Crippen LogP contribution in [0.5, 0.6) is 0 Å². The Labute approximate surface area is 209 Å². The maximum atomic E-state index is 13.5. The van der Waals surface area contributed by atoms with Crippen molar-refractivity contribution in [3.8, 4) is 0 Å². The van der Waals surface area contributed by atoms with E-state index in [0.717, 1.165) is 46.0 Å². The van der Waals surface area contributed by atoms with Gasteiger partial charge in [-0.05, 0) is 69.4 Å². The van der Waals surface area contributed by atoms with Gasteiger partial charge in [-0.1, -0.05) is 35.9 Å². The number of rotatable bonds is 8. The van der Waals surface area contributed by atoms with E-state index in [2.05, 4.69) is 5.32 Å². The lowest BCUT2D eigenvalue weighted by Gasteiger charge is -2.24. The van der Waals surface area contributed by atoms with Crippen molar-refractivity contribution >= 4 is 43.9 Å². The Balaban J connectivity index is 1.66. The zero-order valence-electron chi connectivity index (χ0n) is 19.7. The van der Waals surface area contributed by atoms with Gasteiger partial charge in [-0.15, -0.1) is 11.3 Å². The highest BCUT2D eigenvalue weighted by molar-refractivity contribution is 7.92. The quantitative estimate of drug-likeness (QED) is 0.431. The number of esters is 1. The number of hydrogen-bond acceptors (Lipinski definition) is 6. The molecule has 0 radical (unpaired) electrons. The van der Waals surface area contributed by atoms with Crippen LogP contribution in [0.15, 0.2) is 59.5 Å². The fourth-order valence-corrected chi connectivity index (χ4v) is 6.85. The highest BCUT2D eigenvalue weighted by atomic mass is 32.2. The molecule has 7 nitrogen and oxygen atoms in total. The monoisotopic (exact) mass is 512 g/mol. The van der Waals surface area contributed by atoms with Crippen molar-refractivity contribution in [2.75, 3.05) is 22.8 Å². The first kappa shape index (κ1) is 24.9. The number of fused-ring (bicyclic) bond motifs is 1. The smallest absolute Gasteiger partial charge is 0.341 e. The zero-order valence-corrected chi connectivity index (χ0v) is 21.4. The van der Waals surface area contributed by atoms with Crippen molar-refractivity contribution in [2.24, 2.45) is 0 Å². The fourth-order valence-electron chi connectivity index (χ4n) is 4.12. The van der Waals surface area contributed by atoms with Crippen molar-refractivity contribution in [1.82, 2.24) is 0 Å². The van der Waals surface area contributed by atoms with Crippen molar-refractivity contribution in [2.45, 2.75) is 44.4 Å². The molecule has 1 aliphatic carbocycles. The number of hydrogen-bond donors (Lipinski definition) is 1. The molecule has 1 N–H and O–H groups in total. The van der Waals surface area contributed by atoms with E-state index in [9.17, 15) is 18.0 Å². The number of thiophene rings is 1. The first-order valence-electron chi connectivity index (χ1n) is 11.6. The summed E-state index contributed by atoms with van der Waals surface area (Å²) < 4.78 is 33.3. The van der Waals surface area contributed by atoms with Crippen LogP contribution < -0.4 is 9.62 Å². The topological polar surface area (TPSA) is 92.8 Å². The Kier molecular flexibility index (Phi) is 7.57. The van der Waals surface area contributed by atoms with Gasteiger partial charge in [-0.3, -0.25) is 9.10 Å². The maximum absolute atomic E-state index is 13.5. The van der Waals surface area contributed by atoms with Crippen molar-refractivity contribution in [3.05, 3.63) is 76.2 Å². The Bertz CT molecular complexity index is 1320. The van der Waals surface area contributed by atoms with Crippen LogP contribution in [0.4, 0.5) is 10.7 Å². The van der Waals surface area contributed by atoms with E-state index >= 15 is 0 Å². The molecule has 0 spiro atoms. The van der Waals surface area contributed by atoms with Gasteiger partial charge in [0.15, 0.2) is 0 Å². The van der Waals surface area contributed by atoms with Crippen LogP contribution in [-0.2, 0) is 32.4 Å². The Morgan fingerprint density at radius 3 is 2.40 bits per heavy atom. The average molecular weight is 513 g/mol. The van der Waals surface area contributed by atoms with Crippen molar-refractivity contribution in [3.63, 3.8) is 0 Å². The van der Waals surface area contributed by atoms with Crippen molar-refractivity contribution < 1.29 is 22.7 Å². The number of benzene rings is 2. The Hall–Kier alpha value is -3.17. The fraction of sp³-hybridized carbons (Fsp3) is 0.308. The largest absolute Gasteiger partial charge is 0.462 e. The molecule has 0 bridgehead atoms. The number of carbonyl (C=O) groups excluding carboxylic acids is 2. The van der Waals surface area contributed by atoms with Crippen LogP contribution in [0.2, 0.25) is 0 Å². The van der Waals surface area contributed by atoms with Crippen LogP contribution in [0.3, 0.4) is 0 Å². The molecule has 35 heavy (non-hydrogen) atoms. The molecule has 3 aromatic rings. The van der Waals surface area contributed by atoms with Crippen LogP contribution >= 0.6 is 11.3 Å². The summed E-state index contributed by atoms with van der Waals surface area (Å²) in [7, 11) is -4.01. The summed E-state index contributed by atoms with van der Waals surface area (Å²) >= 11 is 1.37. The van der Waals surface area contributed by atoms with Gasteiger partial charge >= 0.3 is 5.97 Å². The van der Waals surface area contributed by atoms with Gasteiger partial charge < -0.3 is 10.1 Å². The van der Waals surface area contributed by atoms with Gasteiger partial charge in [-0.25, -0.2) is 13.2 Å². The molecular weight excluding hydrogens is 484 g/mol. The molecule has 1 aromatic heterocycles. The second kappa shape index (κ2) is 10.6. The molecule has 4 rings (SSSR count). The summed E-state index contributed by atoms with van der Waals surface area (Å²) in [6.07, 6.45) is 3.60. The number of anilines is 2. The van der Waals surface area contributed by atoms with Crippen molar-refractivity contribution in [1.29, 1.82) is 0 Å². The van der Waals surface area contributed by atoms with E-state index in [1.165, 1.54) is 23.5 Å². The van der Waals surface area contributed by atoms with Crippen LogP contribution in [0.25, 0.3) is 0 Å². The normalized spacial score (nSPS) is 13.1. The number of aryl methyl sites for hydroxylation is 2. The second-order valence-corrected chi connectivity index (χ2v) is 11.3. The lowest BCUT2D eigenvalue weighted by atomic mass is 9.95. The number of amides is 1. The summed E-state index contributed by atoms with van der Waals surface area (Å²) in [5, 5.41) is 3.23. The summed E-state index contributed by atoms with van der Waals surface area (Å²) in [6.45, 7) is 3.43. The standard InChI is InChI=1S/C26H28N2O5S2/c1-3-33-26(30)24-21-11-7-8-12-22(21)34-25(24)27-23(29)17-28(19-15-13-18(2)14-16-19)35(31,32)20-9-5-4-6-10-20/h4-6,9-10,13-16H,3,7-8,11-12,17H2,1-2H3,(H,27,29). The Morgan fingerprint density at radius 1 is 1.03 bits per heavy atom. The first-order chi connectivity index (χ1) is 16.8. The summed E-state index contributed by atoms with van der Waals surface area (Å²) in [5.74, 6) is -0.997. The third kappa shape index (κ3) is 5.41. The van der Waals surface area contributed by atoms with Gasteiger partial charge in [0.25, 0.3) is 10.0 Å². The molecule has 1 amide bonds. The number of nitrogens with one attached hydrogen (secondary N) is 1. The molecule has 0 aliphatic heterocycles. The first-order valence-corrected chi connectivity index (χ1v) is 13.8. The molecule has 0 fully saturated rings. The number of carbonyl (C=O) groups is 2. The van der Waals surface area contributed by atoms with E-state index in [1.807, 2.05) is 6.92 Å². The number of ether oxygens (including phenoxy) is 1. The molecule has 1 aliphatic rings. The zero-order chi connectivity index (χ0) is 25.0. The number of sulfonamides is 1. The van der Waals surface area contributed by atoms with E-state index in [0.29, 0.717) is 16.3 Å². The molecule has 2 aromatic carbocycles. The molecule has 0 unspecified atom stereocenters. The van der Waals surface area contributed by atoms with E-state index < -0.39 is 28.4 Å². The highest BCUT2D eigenvalue weighted by Crippen LogP contribution is 2.38. The predicted molar refractivity (Wildman–Crippen MR) is 138 cm³/mol. The minimum atomic E-state index is -4.01.